The van der Waals surface area contributed by atoms with Gasteiger partial charge in [-0.3, -0.25) is 14.9 Å². The molecule has 0 bridgehead atoms. The summed E-state index contributed by atoms with van der Waals surface area (Å²) in [6.45, 7) is 6.93. The fraction of sp³-hybridized carbons (Fsp3) is 0.529. The molecule has 2 fully saturated rings. The molecule has 1 aromatic rings. The lowest BCUT2D eigenvalue weighted by molar-refractivity contribution is -0.151. The molecule has 6 nitrogen and oxygen atoms in total. The highest BCUT2D eigenvalue weighted by Crippen LogP contribution is 2.16. The number of amides is 2. The third kappa shape index (κ3) is 3.38. The van der Waals surface area contributed by atoms with E-state index in [1.165, 1.54) is 5.56 Å². The van der Waals surface area contributed by atoms with Gasteiger partial charge in [0.1, 0.15) is 12.1 Å². The van der Waals surface area contributed by atoms with Crippen molar-refractivity contribution in [2.24, 2.45) is 0 Å². The zero-order valence-electron chi connectivity index (χ0n) is 13.7. The number of aryl methyl sites for hydroxylation is 1. The first kappa shape index (κ1) is 16.0. The maximum absolute atomic E-state index is 12.6. The molecule has 124 valence electrons. The second-order valence-electron chi connectivity index (χ2n) is 6.34. The number of nitrogens with one attached hydrogen (secondary N) is 2. The van der Waals surface area contributed by atoms with E-state index < -0.39 is 6.04 Å². The van der Waals surface area contributed by atoms with Crippen molar-refractivity contribution in [2.45, 2.75) is 32.5 Å². The van der Waals surface area contributed by atoms with E-state index in [1.54, 1.807) is 4.90 Å². The van der Waals surface area contributed by atoms with E-state index in [-0.39, 0.29) is 17.9 Å². The Balaban J connectivity index is 1.63. The summed E-state index contributed by atoms with van der Waals surface area (Å²) < 4.78 is 0. The van der Waals surface area contributed by atoms with Gasteiger partial charge in [-0.05, 0) is 19.4 Å². The summed E-state index contributed by atoms with van der Waals surface area (Å²) in [5.74, 6) is 0.0435. The molecule has 2 N–H and O–H groups in total. The Morgan fingerprint density at radius 3 is 2.65 bits per heavy atom. The predicted molar refractivity (Wildman–Crippen MR) is 87.6 cm³/mol. The van der Waals surface area contributed by atoms with Crippen LogP contribution in [0.5, 0.6) is 0 Å². The molecule has 2 aliphatic rings. The standard InChI is InChI=1S/C17H24N4O2/c1-12-3-5-14(6-4-12)10-20-7-8-21(13(2)16(20)22)17(23)15-9-18-11-19-15/h3-6,13,15,18-19H,7-11H2,1-2H3. The first-order valence-electron chi connectivity index (χ1n) is 8.15. The van der Waals surface area contributed by atoms with Crippen molar-refractivity contribution in [3.05, 3.63) is 35.4 Å². The largest absolute Gasteiger partial charge is 0.335 e. The van der Waals surface area contributed by atoms with Crippen LogP contribution >= 0.6 is 0 Å². The Morgan fingerprint density at radius 1 is 1.26 bits per heavy atom. The van der Waals surface area contributed by atoms with Gasteiger partial charge >= 0.3 is 0 Å². The van der Waals surface area contributed by atoms with E-state index in [0.29, 0.717) is 32.8 Å². The van der Waals surface area contributed by atoms with Crippen molar-refractivity contribution in [1.82, 2.24) is 20.4 Å². The maximum atomic E-state index is 12.6. The Labute approximate surface area is 136 Å². The van der Waals surface area contributed by atoms with Gasteiger partial charge in [-0.25, -0.2) is 0 Å². The number of benzene rings is 1. The molecule has 0 radical (unpaired) electrons. The van der Waals surface area contributed by atoms with Gasteiger partial charge in [-0.1, -0.05) is 29.8 Å². The fourth-order valence-electron chi connectivity index (χ4n) is 3.16. The van der Waals surface area contributed by atoms with Gasteiger partial charge in [0.15, 0.2) is 0 Å². The van der Waals surface area contributed by atoms with E-state index in [9.17, 15) is 9.59 Å². The summed E-state index contributed by atoms with van der Waals surface area (Å²) in [7, 11) is 0. The zero-order valence-corrected chi connectivity index (χ0v) is 13.7. The van der Waals surface area contributed by atoms with E-state index in [1.807, 2.05) is 18.7 Å². The fourth-order valence-corrected chi connectivity index (χ4v) is 3.16. The molecule has 1 aromatic carbocycles. The topological polar surface area (TPSA) is 64.7 Å². The minimum atomic E-state index is -0.399. The number of piperazine rings is 1. The second-order valence-corrected chi connectivity index (χ2v) is 6.34. The van der Waals surface area contributed by atoms with Crippen LogP contribution in [0.1, 0.15) is 18.1 Å². The molecule has 2 amide bonds. The molecule has 2 saturated heterocycles. The normalized spacial score (nSPS) is 25.0. The Bertz CT molecular complexity index is 581. The highest BCUT2D eigenvalue weighted by atomic mass is 16.2. The second kappa shape index (κ2) is 6.68. The molecule has 2 unspecified atom stereocenters. The van der Waals surface area contributed by atoms with Gasteiger partial charge in [-0.15, -0.1) is 0 Å². The highest BCUT2D eigenvalue weighted by molar-refractivity contribution is 5.91. The molecule has 23 heavy (non-hydrogen) atoms. The lowest BCUT2D eigenvalue weighted by Gasteiger charge is -2.40. The molecule has 2 heterocycles. The number of rotatable bonds is 3. The molecule has 0 aliphatic carbocycles. The number of hydrogen-bond acceptors (Lipinski definition) is 4. The lowest BCUT2D eigenvalue weighted by atomic mass is 10.1. The smallest absolute Gasteiger partial charge is 0.245 e. The van der Waals surface area contributed by atoms with Crippen LogP contribution < -0.4 is 10.6 Å². The lowest BCUT2D eigenvalue weighted by Crippen LogP contribution is -2.60. The molecular formula is C17H24N4O2. The summed E-state index contributed by atoms with van der Waals surface area (Å²) in [6.07, 6.45) is 0. The summed E-state index contributed by atoms with van der Waals surface area (Å²) in [4.78, 5) is 28.7. The molecule has 2 atom stereocenters. The number of hydrogen-bond donors (Lipinski definition) is 2. The number of nitrogens with zero attached hydrogens (tertiary/aromatic N) is 2. The van der Waals surface area contributed by atoms with Crippen LogP contribution in [0.4, 0.5) is 0 Å². The van der Waals surface area contributed by atoms with E-state index in [4.69, 9.17) is 0 Å². The van der Waals surface area contributed by atoms with Crippen molar-refractivity contribution in [2.75, 3.05) is 26.3 Å². The van der Waals surface area contributed by atoms with Crippen LogP contribution in [0, 0.1) is 6.92 Å². The summed E-state index contributed by atoms with van der Waals surface area (Å²) in [6, 6.07) is 7.61. The number of carbonyl (C=O) groups excluding carboxylic acids is 2. The average Bonchev–Trinajstić information content (AvgIpc) is 3.08. The predicted octanol–water partition coefficient (Wildman–Crippen LogP) is 0.0732. The van der Waals surface area contributed by atoms with Gasteiger partial charge < -0.3 is 15.1 Å². The van der Waals surface area contributed by atoms with Crippen LogP contribution in [0.15, 0.2) is 24.3 Å². The van der Waals surface area contributed by atoms with E-state index in [2.05, 4.69) is 34.9 Å². The molecule has 3 rings (SSSR count). The summed E-state index contributed by atoms with van der Waals surface area (Å²) in [5, 5.41) is 6.23. The molecule has 0 spiro atoms. The molecule has 0 saturated carbocycles. The van der Waals surface area contributed by atoms with Crippen LogP contribution in [0.2, 0.25) is 0 Å². The van der Waals surface area contributed by atoms with Gasteiger partial charge in [0, 0.05) is 32.8 Å². The Kier molecular flexibility index (Phi) is 4.63. The maximum Gasteiger partial charge on any atom is 0.245 e. The number of carbonyl (C=O) groups is 2. The van der Waals surface area contributed by atoms with Crippen molar-refractivity contribution in [3.63, 3.8) is 0 Å². The van der Waals surface area contributed by atoms with Crippen molar-refractivity contribution in [3.8, 4) is 0 Å². The first-order chi connectivity index (χ1) is 11.1. The minimum Gasteiger partial charge on any atom is -0.335 e. The quantitative estimate of drug-likeness (QED) is 0.828. The Morgan fingerprint density at radius 2 is 2.00 bits per heavy atom. The van der Waals surface area contributed by atoms with Gasteiger partial charge in [0.25, 0.3) is 0 Å². The van der Waals surface area contributed by atoms with Crippen LogP contribution in [0.3, 0.4) is 0 Å². The third-order valence-corrected chi connectivity index (χ3v) is 4.64. The SMILES string of the molecule is Cc1ccc(CN2CCN(C(=O)C3CNCN3)C(C)C2=O)cc1. The van der Waals surface area contributed by atoms with Crippen LogP contribution in [-0.2, 0) is 16.1 Å². The van der Waals surface area contributed by atoms with Gasteiger partial charge in [0.2, 0.25) is 11.8 Å². The van der Waals surface area contributed by atoms with E-state index >= 15 is 0 Å². The highest BCUT2D eigenvalue weighted by Gasteiger charge is 2.37. The first-order valence-corrected chi connectivity index (χ1v) is 8.15. The molecule has 0 aromatic heterocycles. The average molecular weight is 316 g/mol. The molecule has 2 aliphatic heterocycles. The van der Waals surface area contributed by atoms with Crippen molar-refractivity contribution >= 4 is 11.8 Å². The monoisotopic (exact) mass is 316 g/mol. The van der Waals surface area contributed by atoms with Gasteiger partial charge in [-0.2, -0.15) is 0 Å². The van der Waals surface area contributed by atoms with Crippen LogP contribution in [-0.4, -0.2) is 60.0 Å². The van der Waals surface area contributed by atoms with Crippen LogP contribution in [0.25, 0.3) is 0 Å². The Hall–Kier alpha value is -1.92. The summed E-state index contributed by atoms with van der Waals surface area (Å²) in [5.41, 5.74) is 2.33. The van der Waals surface area contributed by atoms with Gasteiger partial charge in [0.05, 0.1) is 0 Å². The minimum absolute atomic E-state index is 0.0193. The van der Waals surface area contributed by atoms with Crippen molar-refractivity contribution < 1.29 is 9.59 Å². The molecule has 6 heteroatoms. The summed E-state index contributed by atoms with van der Waals surface area (Å²) >= 11 is 0. The molecular weight excluding hydrogens is 292 g/mol. The third-order valence-electron chi connectivity index (χ3n) is 4.64. The van der Waals surface area contributed by atoms with E-state index in [0.717, 1.165) is 5.56 Å². The zero-order chi connectivity index (χ0) is 16.4. The van der Waals surface area contributed by atoms with Crippen molar-refractivity contribution in [1.29, 1.82) is 0 Å².